The number of carbonyl (C=O) groups is 1. The van der Waals surface area contributed by atoms with E-state index in [1.807, 2.05) is 13.0 Å². The van der Waals surface area contributed by atoms with Crippen molar-refractivity contribution in [1.82, 2.24) is 4.90 Å². The Labute approximate surface area is 102 Å². The summed E-state index contributed by atoms with van der Waals surface area (Å²) in [5.74, 6) is 0.594. The molecule has 4 heteroatoms. The number of amides is 1. The van der Waals surface area contributed by atoms with Crippen molar-refractivity contribution in [2.24, 2.45) is 0 Å². The number of aliphatic hydroxyl groups is 1. The summed E-state index contributed by atoms with van der Waals surface area (Å²) in [5.41, 5.74) is 0.578. The summed E-state index contributed by atoms with van der Waals surface area (Å²) < 4.78 is 5.47. The van der Waals surface area contributed by atoms with E-state index in [-0.39, 0.29) is 12.5 Å². The molecule has 0 bridgehead atoms. The van der Waals surface area contributed by atoms with E-state index in [1.54, 1.807) is 25.2 Å². The van der Waals surface area contributed by atoms with E-state index in [1.165, 1.54) is 4.90 Å². The summed E-state index contributed by atoms with van der Waals surface area (Å²) in [6.45, 7) is 2.97. The molecular weight excluding hydrogens is 218 g/mol. The van der Waals surface area contributed by atoms with E-state index in [0.717, 1.165) is 6.42 Å². The van der Waals surface area contributed by atoms with E-state index < -0.39 is 0 Å². The summed E-state index contributed by atoms with van der Waals surface area (Å²) in [6.07, 6.45) is 0.933. The molecule has 1 amide bonds. The van der Waals surface area contributed by atoms with Crippen LogP contribution in [-0.2, 0) is 0 Å². The molecule has 0 saturated heterocycles. The van der Waals surface area contributed by atoms with Crippen LogP contribution in [0.1, 0.15) is 23.7 Å². The van der Waals surface area contributed by atoms with Crippen LogP contribution >= 0.6 is 0 Å². The van der Waals surface area contributed by atoms with Crippen LogP contribution in [0.2, 0.25) is 0 Å². The van der Waals surface area contributed by atoms with Crippen LogP contribution in [0.3, 0.4) is 0 Å². The van der Waals surface area contributed by atoms with Crippen molar-refractivity contribution in [2.45, 2.75) is 13.3 Å². The molecule has 4 nitrogen and oxygen atoms in total. The second-order valence-electron chi connectivity index (χ2n) is 3.83. The van der Waals surface area contributed by atoms with Crippen LogP contribution in [0.25, 0.3) is 0 Å². The zero-order valence-electron chi connectivity index (χ0n) is 10.3. The smallest absolute Gasteiger partial charge is 0.253 e. The topological polar surface area (TPSA) is 49.8 Å². The molecular formula is C13H19NO3. The highest BCUT2D eigenvalue weighted by molar-refractivity contribution is 5.94. The van der Waals surface area contributed by atoms with Gasteiger partial charge < -0.3 is 14.7 Å². The number of hydrogen-bond acceptors (Lipinski definition) is 3. The fourth-order valence-corrected chi connectivity index (χ4v) is 1.41. The van der Waals surface area contributed by atoms with Crippen molar-refractivity contribution in [3.63, 3.8) is 0 Å². The quantitative estimate of drug-likeness (QED) is 0.816. The van der Waals surface area contributed by atoms with Gasteiger partial charge in [-0.2, -0.15) is 0 Å². The van der Waals surface area contributed by atoms with E-state index in [4.69, 9.17) is 9.84 Å². The molecule has 0 radical (unpaired) electrons. The Morgan fingerprint density at radius 2 is 2.24 bits per heavy atom. The molecule has 0 aliphatic heterocycles. The molecule has 0 spiro atoms. The first-order valence-corrected chi connectivity index (χ1v) is 5.78. The van der Waals surface area contributed by atoms with Gasteiger partial charge in [-0.25, -0.2) is 0 Å². The lowest BCUT2D eigenvalue weighted by molar-refractivity contribution is 0.0766. The predicted molar refractivity (Wildman–Crippen MR) is 66.3 cm³/mol. The van der Waals surface area contributed by atoms with Gasteiger partial charge in [-0.15, -0.1) is 0 Å². The number of nitrogens with zero attached hydrogens (tertiary/aromatic N) is 1. The molecule has 0 aliphatic carbocycles. The number of likely N-dealkylation sites (N-methyl/N-ethyl adjacent to an activating group) is 1. The van der Waals surface area contributed by atoms with Crippen molar-refractivity contribution in [3.05, 3.63) is 29.8 Å². The van der Waals surface area contributed by atoms with E-state index in [2.05, 4.69) is 0 Å². The van der Waals surface area contributed by atoms with Gasteiger partial charge in [0.15, 0.2) is 0 Å². The lowest BCUT2D eigenvalue weighted by atomic mass is 10.2. The fourth-order valence-electron chi connectivity index (χ4n) is 1.41. The van der Waals surface area contributed by atoms with Gasteiger partial charge in [0.1, 0.15) is 5.75 Å². The molecule has 94 valence electrons. The van der Waals surface area contributed by atoms with Crippen LogP contribution in [0, 0.1) is 0 Å². The van der Waals surface area contributed by atoms with Gasteiger partial charge in [0.05, 0.1) is 13.2 Å². The molecule has 17 heavy (non-hydrogen) atoms. The number of aliphatic hydroxyl groups excluding tert-OH is 1. The standard InChI is InChI=1S/C13H19NO3/c1-3-9-17-12-6-4-5-11(10-12)13(16)14(2)7-8-15/h4-6,10,15H,3,7-9H2,1-2H3. The molecule has 1 rings (SSSR count). The number of benzene rings is 1. The first kappa shape index (κ1) is 13.5. The van der Waals surface area contributed by atoms with E-state index >= 15 is 0 Å². The highest BCUT2D eigenvalue weighted by atomic mass is 16.5. The molecule has 1 aromatic carbocycles. The van der Waals surface area contributed by atoms with Crippen molar-refractivity contribution in [2.75, 3.05) is 26.8 Å². The molecule has 0 heterocycles. The maximum Gasteiger partial charge on any atom is 0.253 e. The molecule has 0 saturated carbocycles. The Balaban J connectivity index is 2.73. The molecule has 0 aromatic heterocycles. The van der Waals surface area contributed by atoms with Crippen LogP contribution in [0.15, 0.2) is 24.3 Å². The second kappa shape index (κ2) is 6.91. The number of carbonyl (C=O) groups excluding carboxylic acids is 1. The summed E-state index contributed by atoms with van der Waals surface area (Å²) in [5, 5.41) is 8.78. The lowest BCUT2D eigenvalue weighted by Crippen LogP contribution is -2.29. The van der Waals surface area contributed by atoms with E-state index in [0.29, 0.717) is 24.5 Å². The normalized spacial score (nSPS) is 10.1. The Hall–Kier alpha value is -1.55. The van der Waals surface area contributed by atoms with Crippen molar-refractivity contribution in [1.29, 1.82) is 0 Å². The summed E-state index contributed by atoms with van der Waals surface area (Å²) in [4.78, 5) is 13.4. The van der Waals surface area contributed by atoms with Gasteiger partial charge in [-0.1, -0.05) is 13.0 Å². The number of hydrogen-bond donors (Lipinski definition) is 1. The van der Waals surface area contributed by atoms with Gasteiger partial charge in [0.2, 0.25) is 0 Å². The SMILES string of the molecule is CCCOc1cccc(C(=O)N(C)CCO)c1. The van der Waals surface area contributed by atoms with Crippen molar-refractivity contribution >= 4 is 5.91 Å². The minimum Gasteiger partial charge on any atom is -0.494 e. The summed E-state index contributed by atoms with van der Waals surface area (Å²) in [6, 6.07) is 7.10. The van der Waals surface area contributed by atoms with Crippen molar-refractivity contribution < 1.29 is 14.6 Å². The molecule has 0 unspecified atom stereocenters. The Morgan fingerprint density at radius 3 is 2.88 bits per heavy atom. The van der Waals surface area contributed by atoms with Gasteiger partial charge in [0.25, 0.3) is 5.91 Å². The van der Waals surface area contributed by atoms with Crippen LogP contribution in [-0.4, -0.2) is 42.7 Å². The molecule has 1 N–H and O–H groups in total. The minimum atomic E-state index is -0.110. The maximum absolute atomic E-state index is 11.9. The zero-order chi connectivity index (χ0) is 12.7. The van der Waals surface area contributed by atoms with Gasteiger partial charge >= 0.3 is 0 Å². The lowest BCUT2D eigenvalue weighted by Gasteiger charge is -2.16. The fraction of sp³-hybridized carbons (Fsp3) is 0.462. The Bertz CT molecular complexity index is 365. The van der Waals surface area contributed by atoms with Gasteiger partial charge in [-0.05, 0) is 24.6 Å². The third-order valence-corrected chi connectivity index (χ3v) is 2.34. The average molecular weight is 237 g/mol. The molecule has 0 aliphatic rings. The second-order valence-corrected chi connectivity index (χ2v) is 3.83. The highest BCUT2D eigenvalue weighted by Crippen LogP contribution is 2.14. The predicted octanol–water partition coefficient (Wildman–Crippen LogP) is 1.54. The Kier molecular flexibility index (Phi) is 5.49. The van der Waals surface area contributed by atoms with Gasteiger partial charge in [-0.3, -0.25) is 4.79 Å². The number of rotatable bonds is 6. The molecule has 0 fully saturated rings. The first-order valence-electron chi connectivity index (χ1n) is 5.78. The first-order chi connectivity index (χ1) is 8.19. The largest absolute Gasteiger partial charge is 0.494 e. The third kappa shape index (κ3) is 4.07. The van der Waals surface area contributed by atoms with Crippen LogP contribution < -0.4 is 4.74 Å². The summed E-state index contributed by atoms with van der Waals surface area (Å²) in [7, 11) is 1.66. The minimum absolute atomic E-state index is 0.0335. The maximum atomic E-state index is 11.9. The summed E-state index contributed by atoms with van der Waals surface area (Å²) >= 11 is 0. The highest BCUT2D eigenvalue weighted by Gasteiger charge is 2.11. The zero-order valence-corrected chi connectivity index (χ0v) is 10.3. The van der Waals surface area contributed by atoms with E-state index in [9.17, 15) is 4.79 Å². The van der Waals surface area contributed by atoms with Crippen molar-refractivity contribution in [3.8, 4) is 5.75 Å². The van der Waals surface area contributed by atoms with Crippen LogP contribution in [0.5, 0.6) is 5.75 Å². The molecule has 1 aromatic rings. The molecule has 0 atom stereocenters. The monoisotopic (exact) mass is 237 g/mol. The average Bonchev–Trinajstić information content (AvgIpc) is 2.36. The Morgan fingerprint density at radius 1 is 1.47 bits per heavy atom. The third-order valence-electron chi connectivity index (χ3n) is 2.34. The number of ether oxygens (including phenoxy) is 1. The van der Waals surface area contributed by atoms with Crippen LogP contribution in [0.4, 0.5) is 0 Å². The van der Waals surface area contributed by atoms with Gasteiger partial charge in [0, 0.05) is 19.2 Å².